The molecule has 0 aliphatic heterocycles. The second-order valence-corrected chi connectivity index (χ2v) is 6.02. The van der Waals surface area contributed by atoms with Crippen molar-refractivity contribution >= 4 is 22.8 Å². The van der Waals surface area contributed by atoms with E-state index in [0.717, 1.165) is 22.9 Å². The molecule has 0 saturated carbocycles. The highest BCUT2D eigenvalue weighted by molar-refractivity contribution is 5.99. The smallest absolute Gasteiger partial charge is 0.307 e. The topological polar surface area (TPSA) is 68.5 Å². The Morgan fingerprint density at radius 1 is 1.25 bits per heavy atom. The van der Waals surface area contributed by atoms with Crippen LogP contribution in [0.25, 0.3) is 11.0 Å². The monoisotopic (exact) mass is 331 g/mol. The Hall–Kier alpha value is -2.30. The number of benzene rings is 1. The third-order valence-corrected chi connectivity index (χ3v) is 3.99. The first kappa shape index (κ1) is 18.0. The van der Waals surface area contributed by atoms with E-state index in [4.69, 9.17) is 9.15 Å². The van der Waals surface area contributed by atoms with Gasteiger partial charge in [0.05, 0.1) is 13.0 Å². The summed E-state index contributed by atoms with van der Waals surface area (Å²) >= 11 is 0. The average Bonchev–Trinajstić information content (AvgIpc) is 2.84. The minimum atomic E-state index is -0.298. The standard InChI is InChI=1S/C19H25NO4/c1-5-7-14(11-17(21)23-6-2)20-19(22)18-13(4)15-10-12(3)8-9-16(15)24-18/h8-10,14H,5-7,11H2,1-4H3,(H,20,22)/t14-/m0/s1. The van der Waals surface area contributed by atoms with Gasteiger partial charge in [-0.3, -0.25) is 9.59 Å². The minimum absolute atomic E-state index is 0.172. The van der Waals surface area contributed by atoms with Crippen molar-refractivity contribution in [1.29, 1.82) is 0 Å². The molecule has 1 aromatic carbocycles. The van der Waals surface area contributed by atoms with Crippen LogP contribution < -0.4 is 5.32 Å². The van der Waals surface area contributed by atoms with E-state index >= 15 is 0 Å². The van der Waals surface area contributed by atoms with Crippen LogP contribution in [-0.4, -0.2) is 24.5 Å². The summed E-state index contributed by atoms with van der Waals surface area (Å²) in [5.41, 5.74) is 2.63. The highest BCUT2D eigenvalue weighted by Gasteiger charge is 2.22. The predicted molar refractivity (Wildman–Crippen MR) is 93.1 cm³/mol. The fraction of sp³-hybridized carbons (Fsp3) is 0.474. The van der Waals surface area contributed by atoms with Crippen molar-refractivity contribution in [1.82, 2.24) is 5.32 Å². The lowest BCUT2D eigenvalue weighted by molar-refractivity contribution is -0.143. The summed E-state index contributed by atoms with van der Waals surface area (Å²) in [4.78, 5) is 24.3. The Kier molecular flexibility index (Phi) is 6.01. The highest BCUT2D eigenvalue weighted by atomic mass is 16.5. The molecule has 0 bridgehead atoms. The summed E-state index contributed by atoms with van der Waals surface area (Å²) in [7, 11) is 0. The fourth-order valence-electron chi connectivity index (χ4n) is 2.80. The molecule has 24 heavy (non-hydrogen) atoms. The molecule has 5 nitrogen and oxygen atoms in total. The molecule has 2 rings (SSSR count). The molecule has 0 unspecified atom stereocenters. The molecule has 0 fully saturated rings. The number of hydrogen-bond donors (Lipinski definition) is 1. The van der Waals surface area contributed by atoms with Gasteiger partial charge < -0.3 is 14.5 Å². The van der Waals surface area contributed by atoms with E-state index in [-0.39, 0.29) is 24.3 Å². The molecule has 2 aromatic rings. The van der Waals surface area contributed by atoms with Crippen molar-refractivity contribution in [2.75, 3.05) is 6.61 Å². The van der Waals surface area contributed by atoms with Gasteiger partial charge in [-0.05, 0) is 39.3 Å². The Morgan fingerprint density at radius 2 is 2.00 bits per heavy atom. The van der Waals surface area contributed by atoms with Crippen molar-refractivity contribution < 1.29 is 18.7 Å². The van der Waals surface area contributed by atoms with Gasteiger partial charge in [0.15, 0.2) is 5.76 Å². The zero-order valence-electron chi connectivity index (χ0n) is 14.8. The SMILES string of the molecule is CCC[C@@H](CC(=O)OCC)NC(=O)c1oc2ccc(C)cc2c1C. The summed E-state index contributed by atoms with van der Waals surface area (Å²) < 4.78 is 10.7. The maximum atomic E-state index is 12.6. The van der Waals surface area contributed by atoms with Crippen LogP contribution in [0.1, 0.15) is 54.8 Å². The number of aryl methyl sites for hydroxylation is 2. The van der Waals surface area contributed by atoms with E-state index in [1.807, 2.05) is 39.0 Å². The molecule has 1 atom stereocenters. The van der Waals surface area contributed by atoms with Gasteiger partial charge in [0, 0.05) is 17.0 Å². The van der Waals surface area contributed by atoms with E-state index in [2.05, 4.69) is 5.32 Å². The molecule has 1 heterocycles. The summed E-state index contributed by atoms with van der Waals surface area (Å²) in [5.74, 6) is -0.280. The van der Waals surface area contributed by atoms with Crippen LogP contribution >= 0.6 is 0 Å². The number of carbonyl (C=O) groups excluding carboxylic acids is 2. The highest BCUT2D eigenvalue weighted by Crippen LogP contribution is 2.26. The van der Waals surface area contributed by atoms with Gasteiger partial charge in [0.1, 0.15) is 5.58 Å². The van der Waals surface area contributed by atoms with Crippen LogP contribution in [0.4, 0.5) is 0 Å². The number of amides is 1. The number of esters is 1. The molecule has 0 radical (unpaired) electrons. The van der Waals surface area contributed by atoms with Crippen LogP contribution in [0.5, 0.6) is 0 Å². The second-order valence-electron chi connectivity index (χ2n) is 6.02. The lowest BCUT2D eigenvalue weighted by Crippen LogP contribution is -2.37. The maximum Gasteiger partial charge on any atom is 0.307 e. The Balaban J connectivity index is 2.17. The number of carbonyl (C=O) groups is 2. The Morgan fingerprint density at radius 3 is 2.67 bits per heavy atom. The fourth-order valence-corrected chi connectivity index (χ4v) is 2.80. The van der Waals surface area contributed by atoms with E-state index in [9.17, 15) is 9.59 Å². The van der Waals surface area contributed by atoms with Crippen molar-refractivity contribution in [3.05, 3.63) is 35.1 Å². The zero-order valence-corrected chi connectivity index (χ0v) is 14.8. The number of rotatable bonds is 7. The first-order valence-corrected chi connectivity index (χ1v) is 8.42. The van der Waals surface area contributed by atoms with Crippen LogP contribution in [-0.2, 0) is 9.53 Å². The summed E-state index contributed by atoms with van der Waals surface area (Å²) in [6.45, 7) is 8.00. The number of nitrogens with one attached hydrogen (secondary N) is 1. The average molecular weight is 331 g/mol. The normalized spacial score (nSPS) is 12.2. The van der Waals surface area contributed by atoms with E-state index in [0.29, 0.717) is 24.4 Å². The van der Waals surface area contributed by atoms with E-state index < -0.39 is 0 Å². The van der Waals surface area contributed by atoms with Crippen molar-refractivity contribution in [3.8, 4) is 0 Å². The first-order chi connectivity index (χ1) is 11.5. The molecule has 0 aliphatic carbocycles. The van der Waals surface area contributed by atoms with Crippen LogP contribution in [0.15, 0.2) is 22.6 Å². The summed E-state index contributed by atoms with van der Waals surface area (Å²) in [6, 6.07) is 5.58. The Bertz CT molecular complexity index is 732. The summed E-state index contributed by atoms with van der Waals surface area (Å²) in [6.07, 6.45) is 1.75. The second kappa shape index (κ2) is 7.99. The molecular weight excluding hydrogens is 306 g/mol. The van der Waals surface area contributed by atoms with Gasteiger partial charge in [0.2, 0.25) is 0 Å². The van der Waals surface area contributed by atoms with Crippen molar-refractivity contribution in [3.63, 3.8) is 0 Å². The molecule has 1 aromatic heterocycles. The third-order valence-electron chi connectivity index (χ3n) is 3.99. The molecule has 0 saturated heterocycles. The van der Waals surface area contributed by atoms with Crippen molar-refractivity contribution in [2.24, 2.45) is 0 Å². The van der Waals surface area contributed by atoms with Crippen LogP contribution in [0.2, 0.25) is 0 Å². The minimum Gasteiger partial charge on any atom is -0.466 e. The molecular formula is C19H25NO4. The van der Waals surface area contributed by atoms with Gasteiger partial charge in [0.25, 0.3) is 5.91 Å². The van der Waals surface area contributed by atoms with Gasteiger partial charge >= 0.3 is 5.97 Å². The van der Waals surface area contributed by atoms with Gasteiger partial charge in [-0.2, -0.15) is 0 Å². The number of furan rings is 1. The quantitative estimate of drug-likeness (QED) is 0.781. The lowest BCUT2D eigenvalue weighted by atomic mass is 10.1. The van der Waals surface area contributed by atoms with Crippen LogP contribution in [0.3, 0.4) is 0 Å². The third kappa shape index (κ3) is 4.16. The Labute approximate surface area is 142 Å². The van der Waals surface area contributed by atoms with E-state index in [1.54, 1.807) is 6.92 Å². The van der Waals surface area contributed by atoms with E-state index in [1.165, 1.54) is 0 Å². The lowest BCUT2D eigenvalue weighted by Gasteiger charge is -2.16. The maximum absolute atomic E-state index is 12.6. The molecule has 0 spiro atoms. The van der Waals surface area contributed by atoms with Gasteiger partial charge in [-0.25, -0.2) is 0 Å². The van der Waals surface area contributed by atoms with Gasteiger partial charge in [-0.1, -0.05) is 25.0 Å². The number of hydrogen-bond acceptors (Lipinski definition) is 4. The molecule has 130 valence electrons. The molecule has 1 amide bonds. The predicted octanol–water partition coefficient (Wildman–Crippen LogP) is 3.90. The molecule has 0 aliphatic rings. The van der Waals surface area contributed by atoms with Gasteiger partial charge in [-0.15, -0.1) is 0 Å². The molecule has 5 heteroatoms. The largest absolute Gasteiger partial charge is 0.466 e. The first-order valence-electron chi connectivity index (χ1n) is 8.42. The summed E-state index contributed by atoms with van der Waals surface area (Å²) in [5, 5.41) is 3.85. The number of fused-ring (bicyclic) bond motifs is 1. The molecule has 1 N–H and O–H groups in total. The van der Waals surface area contributed by atoms with Crippen molar-refractivity contribution in [2.45, 2.75) is 53.0 Å². The van der Waals surface area contributed by atoms with Crippen LogP contribution in [0, 0.1) is 13.8 Å². The zero-order chi connectivity index (χ0) is 17.7. The number of ether oxygens (including phenoxy) is 1.